The molecule has 4 rings (SSSR count). The predicted molar refractivity (Wildman–Crippen MR) is 104 cm³/mol. The fourth-order valence-corrected chi connectivity index (χ4v) is 5.96. The van der Waals surface area contributed by atoms with E-state index >= 15 is 0 Å². The lowest BCUT2D eigenvalue weighted by molar-refractivity contribution is 0.0692. The summed E-state index contributed by atoms with van der Waals surface area (Å²) >= 11 is 0. The maximum Gasteiger partial charge on any atom is 0.282 e. The number of hydrogen-bond acceptors (Lipinski definition) is 3. The van der Waals surface area contributed by atoms with Crippen LogP contribution in [0.4, 0.5) is 0 Å². The molecule has 3 fully saturated rings. The minimum Gasteiger partial charge on any atom is -0.364 e. The molecule has 1 aromatic rings. The van der Waals surface area contributed by atoms with Crippen molar-refractivity contribution in [1.29, 1.82) is 0 Å². The average Bonchev–Trinajstić information content (AvgIpc) is 3.44. The Morgan fingerprint density at radius 1 is 1.07 bits per heavy atom. The fraction of sp³-hybridized carbons (Fsp3) is 0.737. The van der Waals surface area contributed by atoms with Crippen molar-refractivity contribution < 1.29 is 13.2 Å². The van der Waals surface area contributed by atoms with Crippen LogP contribution in [0, 0.1) is 0 Å². The number of aromatic nitrogens is 1. The minimum absolute atomic E-state index is 0.0239. The van der Waals surface area contributed by atoms with Gasteiger partial charge in [0.05, 0.1) is 5.56 Å². The Kier molecular flexibility index (Phi) is 5.31. The van der Waals surface area contributed by atoms with Crippen LogP contribution in [0.25, 0.3) is 0 Å². The Labute approximate surface area is 161 Å². The van der Waals surface area contributed by atoms with Gasteiger partial charge in [-0.05, 0) is 37.7 Å². The first-order valence-corrected chi connectivity index (χ1v) is 11.6. The molecule has 1 N–H and O–H groups in total. The van der Waals surface area contributed by atoms with Gasteiger partial charge >= 0.3 is 0 Å². The van der Waals surface area contributed by atoms with Crippen molar-refractivity contribution in [2.45, 2.75) is 56.9 Å². The molecule has 0 aromatic carbocycles. The summed E-state index contributed by atoms with van der Waals surface area (Å²) in [6, 6.07) is 1.97. The van der Waals surface area contributed by atoms with Crippen LogP contribution in [0.1, 0.15) is 66.9 Å². The van der Waals surface area contributed by atoms with Crippen LogP contribution in [-0.4, -0.2) is 72.1 Å². The van der Waals surface area contributed by atoms with E-state index in [1.165, 1.54) is 6.42 Å². The Morgan fingerprint density at radius 3 is 2.37 bits per heavy atom. The van der Waals surface area contributed by atoms with Gasteiger partial charge in [0.25, 0.3) is 16.1 Å². The number of carbonyl (C=O) groups excluding carboxylic acids is 1. The van der Waals surface area contributed by atoms with Crippen LogP contribution >= 0.6 is 0 Å². The van der Waals surface area contributed by atoms with E-state index in [-0.39, 0.29) is 11.9 Å². The molecule has 27 heavy (non-hydrogen) atoms. The molecule has 2 heterocycles. The number of nitrogens with zero attached hydrogens (tertiary/aromatic N) is 3. The lowest BCUT2D eigenvalue weighted by Crippen LogP contribution is -2.55. The summed E-state index contributed by atoms with van der Waals surface area (Å²) in [6.07, 6.45) is 9.42. The number of carbonyl (C=O) groups is 1. The lowest BCUT2D eigenvalue weighted by atomic mass is 9.96. The van der Waals surface area contributed by atoms with E-state index in [1.807, 2.05) is 12.3 Å². The van der Waals surface area contributed by atoms with Gasteiger partial charge in [-0.2, -0.15) is 17.0 Å². The summed E-state index contributed by atoms with van der Waals surface area (Å²) in [5.41, 5.74) is 1.81. The molecule has 8 heteroatoms. The van der Waals surface area contributed by atoms with Crippen LogP contribution in [-0.2, 0) is 10.2 Å². The van der Waals surface area contributed by atoms with Crippen LogP contribution in [0.15, 0.2) is 12.3 Å². The van der Waals surface area contributed by atoms with Crippen LogP contribution in [0.3, 0.4) is 0 Å². The topological polar surface area (TPSA) is 76.7 Å². The number of H-pyrrole nitrogens is 1. The first-order valence-electron chi connectivity index (χ1n) is 10.2. The van der Waals surface area contributed by atoms with E-state index in [0.29, 0.717) is 32.1 Å². The normalized spacial score (nSPS) is 23.1. The van der Waals surface area contributed by atoms with Gasteiger partial charge in [0.15, 0.2) is 0 Å². The molecule has 0 bridgehead atoms. The molecule has 0 radical (unpaired) electrons. The highest BCUT2D eigenvalue weighted by atomic mass is 32.2. The molecule has 150 valence electrons. The van der Waals surface area contributed by atoms with Crippen molar-refractivity contribution in [3.8, 4) is 0 Å². The lowest BCUT2D eigenvalue weighted by Gasteiger charge is -2.38. The van der Waals surface area contributed by atoms with Gasteiger partial charge in [-0.15, -0.1) is 0 Å². The van der Waals surface area contributed by atoms with Gasteiger partial charge in [-0.1, -0.05) is 19.3 Å². The Bertz CT molecular complexity index is 773. The Morgan fingerprint density at radius 2 is 1.74 bits per heavy atom. The third-order valence-electron chi connectivity index (χ3n) is 6.30. The number of rotatable bonds is 5. The second-order valence-electron chi connectivity index (χ2n) is 8.09. The summed E-state index contributed by atoms with van der Waals surface area (Å²) in [5.74, 6) is 0.514. The maximum absolute atomic E-state index is 13.0. The first kappa shape index (κ1) is 19.0. The second-order valence-corrected chi connectivity index (χ2v) is 10.1. The standard InChI is InChI=1S/C19H30N4O3S/c1-21(16-5-3-2-4-6-16)27(25,26)23-13-11-22(12-14-23)19(24)17-9-10-20-18(17)15-7-8-15/h9-10,15-16,20H,2-8,11-14H2,1H3. The highest BCUT2D eigenvalue weighted by Gasteiger charge is 2.36. The van der Waals surface area contributed by atoms with Crippen molar-refractivity contribution >= 4 is 16.1 Å². The van der Waals surface area contributed by atoms with E-state index in [9.17, 15) is 13.2 Å². The monoisotopic (exact) mass is 394 g/mol. The maximum atomic E-state index is 13.0. The molecule has 0 spiro atoms. The van der Waals surface area contributed by atoms with Gasteiger partial charge in [-0.3, -0.25) is 4.79 Å². The first-order chi connectivity index (χ1) is 13.0. The number of nitrogens with one attached hydrogen (secondary N) is 1. The summed E-state index contributed by atoms with van der Waals surface area (Å²) in [6.45, 7) is 1.64. The molecule has 0 unspecified atom stereocenters. The number of aromatic amines is 1. The van der Waals surface area contributed by atoms with E-state index in [0.717, 1.165) is 49.8 Å². The Balaban J connectivity index is 1.38. The minimum atomic E-state index is -3.45. The van der Waals surface area contributed by atoms with Gasteiger partial charge in [0.1, 0.15) is 0 Å². The van der Waals surface area contributed by atoms with Gasteiger partial charge in [-0.25, -0.2) is 0 Å². The van der Waals surface area contributed by atoms with Crippen molar-refractivity contribution in [3.63, 3.8) is 0 Å². The van der Waals surface area contributed by atoms with Crippen molar-refractivity contribution in [2.24, 2.45) is 0 Å². The summed E-state index contributed by atoms with van der Waals surface area (Å²) in [4.78, 5) is 17.9. The number of piperazine rings is 1. The SMILES string of the molecule is CN(C1CCCCC1)S(=O)(=O)N1CCN(C(=O)c2cc[nH]c2C2CC2)CC1. The van der Waals surface area contributed by atoms with E-state index < -0.39 is 10.2 Å². The highest BCUT2D eigenvalue weighted by Crippen LogP contribution is 2.41. The molecule has 1 aromatic heterocycles. The predicted octanol–water partition coefficient (Wildman–Crippen LogP) is 2.16. The van der Waals surface area contributed by atoms with Crippen molar-refractivity contribution in [3.05, 3.63) is 23.5 Å². The van der Waals surface area contributed by atoms with Crippen LogP contribution < -0.4 is 0 Å². The van der Waals surface area contributed by atoms with Crippen LogP contribution in [0.5, 0.6) is 0 Å². The summed E-state index contributed by atoms with van der Waals surface area (Å²) < 4.78 is 29.1. The molecule has 2 aliphatic carbocycles. The van der Waals surface area contributed by atoms with Crippen molar-refractivity contribution in [1.82, 2.24) is 18.5 Å². The van der Waals surface area contributed by atoms with Gasteiger partial charge in [0, 0.05) is 51.2 Å². The zero-order chi connectivity index (χ0) is 19.0. The Hall–Kier alpha value is -1.38. The molecular formula is C19H30N4O3S. The highest BCUT2D eigenvalue weighted by molar-refractivity contribution is 7.86. The second kappa shape index (κ2) is 7.56. The van der Waals surface area contributed by atoms with E-state index in [2.05, 4.69) is 4.98 Å². The van der Waals surface area contributed by atoms with E-state index in [1.54, 1.807) is 20.6 Å². The largest absolute Gasteiger partial charge is 0.364 e. The van der Waals surface area contributed by atoms with Gasteiger partial charge in [0.2, 0.25) is 0 Å². The average molecular weight is 395 g/mol. The molecule has 7 nitrogen and oxygen atoms in total. The summed E-state index contributed by atoms with van der Waals surface area (Å²) in [7, 11) is -1.74. The zero-order valence-corrected chi connectivity index (χ0v) is 16.9. The molecule has 1 saturated heterocycles. The molecule has 2 saturated carbocycles. The van der Waals surface area contributed by atoms with Gasteiger partial charge < -0.3 is 9.88 Å². The molecule has 0 atom stereocenters. The molecule has 3 aliphatic rings. The summed E-state index contributed by atoms with van der Waals surface area (Å²) in [5, 5.41) is 0. The fourth-order valence-electron chi connectivity index (χ4n) is 4.39. The third kappa shape index (κ3) is 3.79. The van der Waals surface area contributed by atoms with E-state index in [4.69, 9.17) is 0 Å². The molecular weight excluding hydrogens is 364 g/mol. The number of amides is 1. The van der Waals surface area contributed by atoms with Crippen LogP contribution in [0.2, 0.25) is 0 Å². The quantitative estimate of drug-likeness (QED) is 0.831. The molecule has 1 aliphatic heterocycles. The smallest absolute Gasteiger partial charge is 0.282 e. The van der Waals surface area contributed by atoms with Crippen molar-refractivity contribution in [2.75, 3.05) is 33.2 Å². The molecule has 1 amide bonds. The zero-order valence-electron chi connectivity index (χ0n) is 16.1. The third-order valence-corrected chi connectivity index (χ3v) is 8.34. The number of hydrogen-bond donors (Lipinski definition) is 1.